The number of H-pyrrole nitrogens is 1. The Morgan fingerprint density at radius 1 is 1.09 bits per heavy atom. The van der Waals surface area contributed by atoms with Gasteiger partial charge in [0, 0.05) is 31.6 Å². The molecule has 1 aliphatic heterocycles. The summed E-state index contributed by atoms with van der Waals surface area (Å²) >= 11 is 0. The van der Waals surface area contributed by atoms with E-state index in [2.05, 4.69) is 34.5 Å². The minimum absolute atomic E-state index is 0.114. The third-order valence-corrected chi connectivity index (χ3v) is 8.02. The lowest BCUT2D eigenvalue weighted by molar-refractivity contribution is 0.0976. The van der Waals surface area contributed by atoms with Gasteiger partial charge in [0.05, 0.1) is 11.8 Å². The Balaban J connectivity index is 1.59. The number of nitrogens with one attached hydrogen (secondary N) is 1. The number of nitrogens with zero attached hydrogens (tertiary/aromatic N) is 2. The van der Waals surface area contributed by atoms with E-state index in [1.54, 1.807) is 4.31 Å². The van der Waals surface area contributed by atoms with Crippen molar-refractivity contribution in [3.05, 3.63) is 99.0 Å². The van der Waals surface area contributed by atoms with Gasteiger partial charge in [-0.2, -0.15) is 5.10 Å². The van der Waals surface area contributed by atoms with Gasteiger partial charge >= 0.3 is 0 Å². The maximum absolute atomic E-state index is 13.1. The number of benzene rings is 2. The van der Waals surface area contributed by atoms with Crippen LogP contribution in [0.4, 0.5) is 0 Å². The minimum atomic E-state index is -3.15. The normalized spacial score (nSPS) is 16.3. The molecule has 0 spiro atoms. The largest absolute Gasteiger partial charge is 0.294 e. The van der Waals surface area contributed by atoms with E-state index in [-0.39, 0.29) is 23.7 Å². The highest BCUT2D eigenvalue weighted by molar-refractivity contribution is 7.88. The van der Waals surface area contributed by atoms with Crippen LogP contribution in [0.25, 0.3) is 0 Å². The van der Waals surface area contributed by atoms with Gasteiger partial charge in [0.15, 0.2) is 5.78 Å². The minimum Gasteiger partial charge on any atom is -0.294 e. The Morgan fingerprint density at radius 2 is 1.76 bits per heavy atom. The first-order valence-electron chi connectivity index (χ1n) is 11.4. The molecule has 7 nitrogen and oxygen atoms in total. The van der Waals surface area contributed by atoms with Crippen LogP contribution in [-0.2, 0) is 10.0 Å². The molecule has 2 heterocycles. The molecule has 0 unspecified atom stereocenters. The van der Waals surface area contributed by atoms with Crippen LogP contribution in [-0.4, -0.2) is 48.0 Å². The van der Waals surface area contributed by atoms with Crippen LogP contribution in [0.15, 0.2) is 65.6 Å². The van der Waals surface area contributed by atoms with Gasteiger partial charge in [-0.25, -0.2) is 17.8 Å². The zero-order valence-electron chi connectivity index (χ0n) is 19.4. The number of piperidine rings is 1. The van der Waals surface area contributed by atoms with Crippen molar-refractivity contribution in [2.75, 3.05) is 19.3 Å². The van der Waals surface area contributed by atoms with E-state index in [1.165, 1.54) is 24.1 Å². The first-order valence-corrected chi connectivity index (χ1v) is 13.3. The van der Waals surface area contributed by atoms with Gasteiger partial charge in [0.25, 0.3) is 5.56 Å². The number of rotatable bonds is 7. The van der Waals surface area contributed by atoms with Crippen LogP contribution in [0.3, 0.4) is 0 Å². The molecule has 2 aromatic carbocycles. The van der Waals surface area contributed by atoms with Crippen molar-refractivity contribution >= 4 is 15.8 Å². The summed E-state index contributed by atoms with van der Waals surface area (Å²) in [7, 11) is -3.15. The van der Waals surface area contributed by atoms with E-state index in [9.17, 15) is 18.0 Å². The molecule has 0 aliphatic carbocycles. The number of sulfonamides is 1. The maximum Gasteiger partial charge on any atom is 0.275 e. The molecule has 34 heavy (non-hydrogen) atoms. The van der Waals surface area contributed by atoms with E-state index in [1.807, 2.05) is 31.2 Å². The second-order valence-corrected chi connectivity index (χ2v) is 10.9. The number of aryl methyl sites for hydroxylation is 1. The second kappa shape index (κ2) is 10.0. The number of hydrogen-bond acceptors (Lipinski definition) is 5. The second-order valence-electron chi connectivity index (χ2n) is 8.94. The zero-order chi connectivity index (χ0) is 24.3. The van der Waals surface area contributed by atoms with Gasteiger partial charge in [-0.1, -0.05) is 48.5 Å². The van der Waals surface area contributed by atoms with Gasteiger partial charge in [0.2, 0.25) is 10.0 Å². The first kappa shape index (κ1) is 24.0. The Bertz CT molecular complexity index is 1320. The van der Waals surface area contributed by atoms with Crippen molar-refractivity contribution in [1.82, 2.24) is 14.5 Å². The van der Waals surface area contributed by atoms with E-state index in [4.69, 9.17) is 0 Å². The summed E-state index contributed by atoms with van der Waals surface area (Å²) in [4.78, 5) is 25.2. The van der Waals surface area contributed by atoms with E-state index in [0.717, 1.165) is 29.5 Å². The summed E-state index contributed by atoms with van der Waals surface area (Å²) in [5.41, 5.74) is 3.95. The predicted molar refractivity (Wildman–Crippen MR) is 132 cm³/mol. The van der Waals surface area contributed by atoms with E-state index < -0.39 is 15.6 Å². The number of aromatic amines is 1. The SMILES string of the molecule is Cc1ccccc1[C@H](CC(=O)c1ccn[nH]c1=O)c1ccc(C2CCN(S(C)(=O)=O)CC2)cc1. The number of Topliss-reactive ketones (excluding diaryl/α,β-unsaturated/α-hetero) is 1. The van der Waals surface area contributed by atoms with Gasteiger partial charge in [-0.3, -0.25) is 9.59 Å². The Kier molecular flexibility index (Phi) is 7.09. The Morgan fingerprint density at radius 3 is 2.38 bits per heavy atom. The highest BCUT2D eigenvalue weighted by Crippen LogP contribution is 2.34. The molecule has 1 saturated heterocycles. The van der Waals surface area contributed by atoms with Crippen molar-refractivity contribution in [2.24, 2.45) is 0 Å². The molecular weight excluding hydrogens is 450 g/mol. The summed E-state index contributed by atoms with van der Waals surface area (Å²) in [5.74, 6) is -0.113. The molecular formula is C26H29N3O4S. The maximum atomic E-state index is 13.1. The molecule has 1 atom stereocenters. The summed E-state index contributed by atoms with van der Waals surface area (Å²) in [6.45, 7) is 3.09. The molecule has 3 aromatic rings. The fourth-order valence-corrected chi connectivity index (χ4v) is 5.64. The summed E-state index contributed by atoms with van der Waals surface area (Å²) in [6.07, 6.45) is 4.42. The highest BCUT2D eigenvalue weighted by Gasteiger charge is 2.27. The first-order chi connectivity index (χ1) is 16.2. The molecule has 1 N–H and O–H groups in total. The van der Waals surface area contributed by atoms with Crippen LogP contribution in [0, 0.1) is 6.92 Å². The van der Waals surface area contributed by atoms with E-state index in [0.29, 0.717) is 19.0 Å². The monoisotopic (exact) mass is 479 g/mol. The van der Waals surface area contributed by atoms with Crippen molar-refractivity contribution in [2.45, 2.75) is 38.0 Å². The summed E-state index contributed by atoms with van der Waals surface area (Å²) < 4.78 is 25.1. The predicted octanol–water partition coefficient (Wildman–Crippen LogP) is 3.62. The van der Waals surface area contributed by atoms with Crippen LogP contribution < -0.4 is 5.56 Å². The van der Waals surface area contributed by atoms with Crippen molar-refractivity contribution < 1.29 is 13.2 Å². The number of hydrogen-bond donors (Lipinski definition) is 1. The smallest absolute Gasteiger partial charge is 0.275 e. The molecule has 1 aromatic heterocycles. The highest BCUT2D eigenvalue weighted by atomic mass is 32.2. The van der Waals surface area contributed by atoms with Crippen molar-refractivity contribution in [1.29, 1.82) is 0 Å². The fourth-order valence-electron chi connectivity index (χ4n) is 4.76. The average molecular weight is 480 g/mol. The zero-order valence-corrected chi connectivity index (χ0v) is 20.2. The van der Waals surface area contributed by atoms with Crippen molar-refractivity contribution in [3.63, 3.8) is 0 Å². The molecule has 178 valence electrons. The van der Waals surface area contributed by atoms with Crippen LogP contribution in [0.2, 0.25) is 0 Å². The summed E-state index contributed by atoms with van der Waals surface area (Å²) in [5, 5.41) is 6.02. The average Bonchev–Trinajstić information content (AvgIpc) is 2.83. The van der Waals surface area contributed by atoms with Gasteiger partial charge in [-0.05, 0) is 54.0 Å². The molecule has 0 saturated carbocycles. The van der Waals surface area contributed by atoms with Crippen LogP contribution in [0.5, 0.6) is 0 Å². The fraction of sp³-hybridized carbons (Fsp3) is 0.346. The molecule has 1 aliphatic rings. The standard InChI is InChI=1S/C26H29N3O4S/c1-18-5-3-4-6-22(18)24(17-25(30)23-11-14-27-28-26(23)31)21-9-7-19(8-10-21)20-12-15-29(16-13-20)34(2,32)33/h3-11,14,20,24H,12-13,15-17H2,1-2H3,(H,28,31)/t24-/m1/s1. The quantitative estimate of drug-likeness (QED) is 0.522. The number of carbonyl (C=O) groups is 1. The molecule has 0 bridgehead atoms. The third-order valence-electron chi connectivity index (χ3n) is 6.71. The lowest BCUT2D eigenvalue weighted by atomic mass is 9.82. The van der Waals surface area contributed by atoms with Crippen LogP contribution in [0.1, 0.15) is 63.7 Å². The molecule has 0 radical (unpaired) electrons. The molecule has 0 amide bonds. The van der Waals surface area contributed by atoms with Crippen molar-refractivity contribution in [3.8, 4) is 0 Å². The van der Waals surface area contributed by atoms with Gasteiger partial charge in [-0.15, -0.1) is 0 Å². The van der Waals surface area contributed by atoms with Gasteiger partial charge < -0.3 is 0 Å². The number of carbonyl (C=O) groups excluding carboxylic acids is 1. The van der Waals surface area contributed by atoms with Crippen LogP contribution >= 0.6 is 0 Å². The molecule has 4 rings (SSSR count). The lowest BCUT2D eigenvalue weighted by Gasteiger charge is -2.30. The lowest BCUT2D eigenvalue weighted by Crippen LogP contribution is -2.37. The summed E-state index contributed by atoms with van der Waals surface area (Å²) in [6, 6.07) is 17.7. The number of aromatic nitrogens is 2. The Labute approximate surface area is 199 Å². The topological polar surface area (TPSA) is 100 Å². The van der Waals surface area contributed by atoms with Gasteiger partial charge in [0.1, 0.15) is 0 Å². The third kappa shape index (κ3) is 5.34. The van der Waals surface area contributed by atoms with E-state index >= 15 is 0 Å². The molecule has 1 fully saturated rings. The Hall–Kier alpha value is -3.10. The molecule has 8 heteroatoms. The number of ketones is 1.